The van der Waals surface area contributed by atoms with Crippen LogP contribution in [0.5, 0.6) is 0 Å². The van der Waals surface area contributed by atoms with E-state index in [0.29, 0.717) is 11.9 Å². The van der Waals surface area contributed by atoms with Crippen LogP contribution in [0.1, 0.15) is 18.9 Å². The van der Waals surface area contributed by atoms with Gasteiger partial charge in [0, 0.05) is 11.9 Å². The summed E-state index contributed by atoms with van der Waals surface area (Å²) in [7, 11) is 0. The zero-order valence-corrected chi connectivity index (χ0v) is 9.53. The van der Waals surface area contributed by atoms with Gasteiger partial charge in [0.1, 0.15) is 0 Å². The number of rotatable bonds is 6. The summed E-state index contributed by atoms with van der Waals surface area (Å²) in [6, 6.07) is 2.18. The first kappa shape index (κ1) is 11.1. The molecule has 1 aromatic rings. The molecule has 1 heterocycles. The third-order valence-electron chi connectivity index (χ3n) is 1.91. The molecule has 0 aliphatic carbocycles. The molecule has 0 spiro atoms. The average molecular weight is 216 g/mol. The van der Waals surface area contributed by atoms with Gasteiger partial charge in [-0.25, -0.2) is 0 Å². The normalized spacial score (nSPS) is 13.1. The summed E-state index contributed by atoms with van der Waals surface area (Å²) in [4.78, 5) is 0. The van der Waals surface area contributed by atoms with Crippen LogP contribution in [0.3, 0.4) is 0 Å². The van der Waals surface area contributed by atoms with Crippen LogP contribution in [-0.2, 0) is 6.42 Å². The van der Waals surface area contributed by atoms with Crippen LogP contribution in [0.15, 0.2) is 16.8 Å². The molecule has 1 atom stereocenters. The first-order chi connectivity index (χ1) is 6.33. The molecular weight excluding hydrogens is 200 g/mol. The monoisotopic (exact) mass is 216 g/mol. The molecule has 0 fully saturated rings. The van der Waals surface area contributed by atoms with Crippen molar-refractivity contribution in [2.24, 2.45) is 0 Å². The maximum absolute atomic E-state index is 8.71. The molecule has 0 aromatic carbocycles. The van der Waals surface area contributed by atoms with E-state index in [0.717, 1.165) is 18.6 Å². The van der Waals surface area contributed by atoms with Gasteiger partial charge in [0.05, 0.1) is 0 Å². The minimum Gasteiger partial charge on any atom is -0.396 e. The van der Waals surface area contributed by atoms with Crippen LogP contribution in [0.2, 0.25) is 0 Å². The second-order valence-corrected chi connectivity index (χ2v) is 5.40. The quantitative estimate of drug-likeness (QED) is 0.789. The van der Waals surface area contributed by atoms with Crippen LogP contribution in [-0.4, -0.2) is 22.7 Å². The fraction of sp³-hybridized carbons (Fsp3) is 0.600. The molecule has 1 nitrogen and oxygen atoms in total. The van der Waals surface area contributed by atoms with Gasteiger partial charge in [-0.2, -0.15) is 23.1 Å². The van der Waals surface area contributed by atoms with Crippen LogP contribution in [0.25, 0.3) is 0 Å². The third-order valence-corrected chi connectivity index (χ3v) is 3.89. The largest absolute Gasteiger partial charge is 0.396 e. The fourth-order valence-electron chi connectivity index (χ4n) is 1.08. The molecule has 0 amide bonds. The van der Waals surface area contributed by atoms with E-state index in [1.54, 1.807) is 11.3 Å². The van der Waals surface area contributed by atoms with E-state index < -0.39 is 0 Å². The SMILES string of the molecule is CC(CCO)SCCc1ccsc1. The number of aryl methyl sites for hydroxylation is 1. The van der Waals surface area contributed by atoms with Gasteiger partial charge in [-0.15, -0.1) is 0 Å². The summed E-state index contributed by atoms with van der Waals surface area (Å²) in [5.74, 6) is 1.16. The molecule has 1 N–H and O–H groups in total. The first-order valence-corrected chi connectivity index (χ1v) is 6.55. The van der Waals surface area contributed by atoms with Crippen molar-refractivity contribution in [1.82, 2.24) is 0 Å². The first-order valence-electron chi connectivity index (χ1n) is 4.56. The Kier molecular flexibility index (Phi) is 5.51. The minimum atomic E-state index is 0.312. The van der Waals surface area contributed by atoms with E-state index in [2.05, 4.69) is 23.8 Å². The molecule has 1 unspecified atom stereocenters. The molecule has 74 valence electrons. The number of hydrogen-bond donors (Lipinski definition) is 1. The van der Waals surface area contributed by atoms with Crippen molar-refractivity contribution >= 4 is 23.1 Å². The Labute approximate surface area is 88.2 Å². The zero-order valence-electron chi connectivity index (χ0n) is 7.90. The van der Waals surface area contributed by atoms with Crippen molar-refractivity contribution in [3.8, 4) is 0 Å². The maximum atomic E-state index is 8.71. The second-order valence-electron chi connectivity index (χ2n) is 3.08. The van der Waals surface area contributed by atoms with E-state index >= 15 is 0 Å². The van der Waals surface area contributed by atoms with Gasteiger partial charge in [-0.3, -0.25) is 0 Å². The lowest BCUT2D eigenvalue weighted by Crippen LogP contribution is -2.01. The Bertz CT molecular complexity index is 209. The Morgan fingerprint density at radius 2 is 2.46 bits per heavy atom. The van der Waals surface area contributed by atoms with Gasteiger partial charge in [-0.05, 0) is 41.0 Å². The zero-order chi connectivity index (χ0) is 9.52. The van der Waals surface area contributed by atoms with Crippen molar-refractivity contribution in [2.45, 2.75) is 25.0 Å². The van der Waals surface area contributed by atoms with Gasteiger partial charge in [-0.1, -0.05) is 6.92 Å². The van der Waals surface area contributed by atoms with E-state index in [1.165, 1.54) is 5.56 Å². The summed E-state index contributed by atoms with van der Waals surface area (Å²) in [5.41, 5.74) is 1.44. The number of hydrogen-bond acceptors (Lipinski definition) is 3. The van der Waals surface area contributed by atoms with Crippen molar-refractivity contribution in [1.29, 1.82) is 0 Å². The Hall–Kier alpha value is 0.01000. The number of thiophene rings is 1. The lowest BCUT2D eigenvalue weighted by atomic mass is 10.3. The summed E-state index contributed by atoms with van der Waals surface area (Å²) < 4.78 is 0. The fourth-order valence-corrected chi connectivity index (χ4v) is 2.81. The van der Waals surface area contributed by atoms with Crippen LogP contribution in [0.4, 0.5) is 0 Å². The predicted molar refractivity (Wildman–Crippen MR) is 61.6 cm³/mol. The molecule has 0 aliphatic rings. The predicted octanol–water partition coefficient (Wildman–Crippen LogP) is 2.79. The molecule has 0 radical (unpaired) electrons. The molecule has 0 bridgehead atoms. The lowest BCUT2D eigenvalue weighted by molar-refractivity contribution is 0.289. The molecule has 1 aromatic heterocycles. The van der Waals surface area contributed by atoms with Gasteiger partial charge in [0.15, 0.2) is 0 Å². The van der Waals surface area contributed by atoms with Gasteiger partial charge >= 0.3 is 0 Å². The molecule has 1 rings (SSSR count). The molecule has 0 aliphatic heterocycles. The number of thioether (sulfide) groups is 1. The Morgan fingerprint density at radius 3 is 3.08 bits per heavy atom. The lowest BCUT2D eigenvalue weighted by Gasteiger charge is -2.07. The smallest absolute Gasteiger partial charge is 0.0441 e. The molecular formula is C10H16OS2. The van der Waals surface area contributed by atoms with E-state index in [9.17, 15) is 0 Å². The maximum Gasteiger partial charge on any atom is 0.0441 e. The van der Waals surface area contributed by atoms with Gasteiger partial charge in [0.2, 0.25) is 0 Å². The highest BCUT2D eigenvalue weighted by Crippen LogP contribution is 2.16. The molecule has 13 heavy (non-hydrogen) atoms. The number of aliphatic hydroxyl groups excluding tert-OH is 1. The summed E-state index contributed by atoms with van der Waals surface area (Å²) in [5, 5.41) is 13.6. The topological polar surface area (TPSA) is 20.2 Å². The van der Waals surface area contributed by atoms with Crippen LogP contribution < -0.4 is 0 Å². The average Bonchev–Trinajstić information content (AvgIpc) is 2.57. The summed E-state index contributed by atoms with van der Waals surface area (Å²) in [6.07, 6.45) is 2.07. The standard InChI is InChI=1S/C10H16OS2/c1-9(2-5-11)13-7-4-10-3-6-12-8-10/h3,6,8-9,11H,2,4-5,7H2,1H3. The van der Waals surface area contributed by atoms with E-state index in [4.69, 9.17) is 5.11 Å². The van der Waals surface area contributed by atoms with Crippen LogP contribution >= 0.6 is 23.1 Å². The van der Waals surface area contributed by atoms with Crippen molar-refractivity contribution < 1.29 is 5.11 Å². The van der Waals surface area contributed by atoms with Crippen molar-refractivity contribution in [3.63, 3.8) is 0 Å². The summed E-state index contributed by atoms with van der Waals surface area (Å²) >= 11 is 3.70. The van der Waals surface area contributed by atoms with Crippen molar-refractivity contribution in [3.05, 3.63) is 22.4 Å². The molecule has 0 saturated carbocycles. The second kappa shape index (κ2) is 6.46. The number of aliphatic hydroxyl groups is 1. The molecule has 0 saturated heterocycles. The van der Waals surface area contributed by atoms with E-state index in [-0.39, 0.29) is 0 Å². The third kappa shape index (κ3) is 4.69. The minimum absolute atomic E-state index is 0.312. The highest BCUT2D eigenvalue weighted by molar-refractivity contribution is 7.99. The Balaban J connectivity index is 2.07. The molecule has 3 heteroatoms. The highest BCUT2D eigenvalue weighted by Gasteiger charge is 2.01. The van der Waals surface area contributed by atoms with Gasteiger partial charge in [0.25, 0.3) is 0 Å². The highest BCUT2D eigenvalue weighted by atomic mass is 32.2. The van der Waals surface area contributed by atoms with Gasteiger partial charge < -0.3 is 5.11 Å². The summed E-state index contributed by atoms with van der Waals surface area (Å²) in [6.45, 7) is 2.49. The van der Waals surface area contributed by atoms with Crippen molar-refractivity contribution in [2.75, 3.05) is 12.4 Å². The Morgan fingerprint density at radius 1 is 1.62 bits per heavy atom. The van der Waals surface area contributed by atoms with Crippen LogP contribution in [0, 0.1) is 0 Å². The van der Waals surface area contributed by atoms with E-state index in [1.807, 2.05) is 11.8 Å².